The fourth-order valence-electron chi connectivity index (χ4n) is 1.71. The number of benzene rings is 2. The third-order valence-corrected chi connectivity index (χ3v) is 3.30. The zero-order valence-corrected chi connectivity index (χ0v) is 13.2. The number of hydroxylamine groups is 1. The molecule has 0 atom stereocenters. The van der Waals surface area contributed by atoms with E-state index in [2.05, 4.69) is 5.48 Å². The van der Waals surface area contributed by atoms with Crippen molar-refractivity contribution < 1.29 is 14.4 Å². The first kappa shape index (κ1) is 16.6. The van der Waals surface area contributed by atoms with Crippen molar-refractivity contribution in [2.45, 2.75) is 6.42 Å². The number of nitrogens with one attached hydrogen (secondary N) is 1. The smallest absolute Gasteiger partial charge is 0.281 e. The zero-order valence-electron chi connectivity index (χ0n) is 11.7. The lowest BCUT2D eigenvalue weighted by Crippen LogP contribution is -2.29. The molecule has 0 unspecified atom stereocenters. The highest BCUT2D eigenvalue weighted by Crippen LogP contribution is 2.27. The first-order chi connectivity index (χ1) is 10.6. The first-order valence-corrected chi connectivity index (χ1v) is 7.43. The Morgan fingerprint density at radius 3 is 2.59 bits per heavy atom. The molecular formula is C16H15Cl2NO3. The van der Waals surface area contributed by atoms with Crippen molar-refractivity contribution >= 4 is 29.1 Å². The number of hydrogen-bond acceptors (Lipinski definition) is 3. The average Bonchev–Trinajstić information content (AvgIpc) is 2.52. The maximum atomic E-state index is 11.6. The maximum absolute atomic E-state index is 11.6. The molecule has 4 nitrogen and oxygen atoms in total. The molecule has 0 heterocycles. The van der Waals surface area contributed by atoms with E-state index in [1.807, 2.05) is 30.3 Å². The molecule has 116 valence electrons. The number of hydrogen-bond donors (Lipinski definition) is 1. The van der Waals surface area contributed by atoms with Gasteiger partial charge in [0, 0.05) is 5.02 Å². The van der Waals surface area contributed by atoms with Crippen LogP contribution in [0.1, 0.15) is 5.56 Å². The van der Waals surface area contributed by atoms with Crippen molar-refractivity contribution in [3.05, 3.63) is 64.1 Å². The predicted molar refractivity (Wildman–Crippen MR) is 86.2 cm³/mol. The number of carbonyl (C=O) groups excluding carboxylic acids is 1. The monoisotopic (exact) mass is 339 g/mol. The summed E-state index contributed by atoms with van der Waals surface area (Å²) in [5.41, 5.74) is 3.46. The van der Waals surface area contributed by atoms with Crippen molar-refractivity contribution in [3.8, 4) is 5.75 Å². The van der Waals surface area contributed by atoms with Crippen molar-refractivity contribution in [1.82, 2.24) is 5.48 Å². The maximum Gasteiger partial charge on any atom is 0.281 e. The lowest BCUT2D eigenvalue weighted by atomic mass is 10.2. The average molecular weight is 340 g/mol. The Balaban J connectivity index is 1.65. The third kappa shape index (κ3) is 5.56. The van der Waals surface area contributed by atoms with Crippen molar-refractivity contribution in [2.24, 2.45) is 0 Å². The van der Waals surface area contributed by atoms with Gasteiger partial charge in [0.05, 0.1) is 11.6 Å². The van der Waals surface area contributed by atoms with Crippen LogP contribution in [0.4, 0.5) is 0 Å². The summed E-state index contributed by atoms with van der Waals surface area (Å²) < 4.78 is 5.29. The quantitative estimate of drug-likeness (QED) is 0.618. The molecule has 22 heavy (non-hydrogen) atoms. The lowest BCUT2D eigenvalue weighted by molar-refractivity contribution is -0.135. The number of carbonyl (C=O) groups is 1. The predicted octanol–water partition coefficient (Wildman–Crippen LogP) is 3.66. The minimum Gasteiger partial charge on any atom is -0.482 e. The van der Waals surface area contributed by atoms with Gasteiger partial charge in [-0.2, -0.15) is 0 Å². The summed E-state index contributed by atoms with van der Waals surface area (Å²) in [6.45, 7) is 0.199. The summed E-state index contributed by atoms with van der Waals surface area (Å²) in [6.07, 6.45) is 0.713. The minimum absolute atomic E-state index is 0.188. The zero-order chi connectivity index (χ0) is 15.8. The first-order valence-electron chi connectivity index (χ1n) is 6.67. The van der Waals surface area contributed by atoms with Gasteiger partial charge in [0.2, 0.25) is 0 Å². The van der Waals surface area contributed by atoms with Crippen LogP contribution < -0.4 is 10.2 Å². The molecule has 1 amide bonds. The molecule has 6 heteroatoms. The Bertz CT molecular complexity index is 620. The van der Waals surface area contributed by atoms with E-state index in [1.165, 1.54) is 0 Å². The molecule has 0 saturated heterocycles. The Kier molecular flexibility index (Phi) is 6.52. The summed E-state index contributed by atoms with van der Waals surface area (Å²) >= 11 is 11.7. The fourth-order valence-corrected chi connectivity index (χ4v) is 2.17. The normalized spacial score (nSPS) is 10.3. The van der Waals surface area contributed by atoms with Gasteiger partial charge in [0.1, 0.15) is 5.75 Å². The number of rotatable bonds is 7. The van der Waals surface area contributed by atoms with E-state index in [9.17, 15) is 4.79 Å². The molecule has 2 aromatic rings. The second-order valence-electron chi connectivity index (χ2n) is 4.47. The van der Waals surface area contributed by atoms with Crippen molar-refractivity contribution in [3.63, 3.8) is 0 Å². The Morgan fingerprint density at radius 1 is 1.09 bits per heavy atom. The van der Waals surface area contributed by atoms with Crippen LogP contribution in [0.2, 0.25) is 10.0 Å². The SMILES string of the molecule is O=C(COc1ccc(Cl)cc1Cl)NOCCc1ccccc1. The van der Waals surface area contributed by atoms with Crippen LogP contribution in [0.15, 0.2) is 48.5 Å². The van der Waals surface area contributed by atoms with Gasteiger partial charge in [0.15, 0.2) is 6.61 Å². The third-order valence-electron chi connectivity index (χ3n) is 2.77. The Morgan fingerprint density at radius 2 is 1.86 bits per heavy atom. The van der Waals surface area contributed by atoms with Gasteiger partial charge >= 0.3 is 0 Å². The van der Waals surface area contributed by atoms with E-state index >= 15 is 0 Å². The molecule has 2 aromatic carbocycles. The van der Waals surface area contributed by atoms with E-state index in [4.69, 9.17) is 32.8 Å². The van der Waals surface area contributed by atoms with Gasteiger partial charge in [-0.05, 0) is 30.2 Å². The van der Waals surface area contributed by atoms with Gasteiger partial charge in [-0.15, -0.1) is 0 Å². The van der Waals surface area contributed by atoms with Gasteiger partial charge in [0.25, 0.3) is 5.91 Å². The van der Waals surface area contributed by atoms with E-state index in [1.54, 1.807) is 18.2 Å². The molecule has 0 aliphatic heterocycles. The molecule has 0 radical (unpaired) electrons. The summed E-state index contributed by atoms with van der Waals surface area (Å²) in [6, 6.07) is 14.6. The standard InChI is InChI=1S/C16H15Cl2NO3/c17-13-6-7-15(14(18)10-13)21-11-16(20)19-22-9-8-12-4-2-1-3-5-12/h1-7,10H,8-9,11H2,(H,19,20). The van der Waals surface area contributed by atoms with Gasteiger partial charge in [-0.25, -0.2) is 5.48 Å². The van der Waals surface area contributed by atoms with Crippen LogP contribution in [0.5, 0.6) is 5.75 Å². The van der Waals surface area contributed by atoms with Gasteiger partial charge in [-0.1, -0.05) is 53.5 Å². The van der Waals surface area contributed by atoms with Crippen LogP contribution in [0.3, 0.4) is 0 Å². The molecular weight excluding hydrogens is 325 g/mol. The molecule has 0 fully saturated rings. The molecule has 0 aromatic heterocycles. The molecule has 0 spiro atoms. The second kappa shape index (κ2) is 8.63. The largest absolute Gasteiger partial charge is 0.482 e. The molecule has 2 rings (SSSR count). The van der Waals surface area contributed by atoms with Crippen LogP contribution in [-0.4, -0.2) is 19.1 Å². The van der Waals surface area contributed by atoms with Crippen LogP contribution in [-0.2, 0) is 16.1 Å². The molecule has 0 saturated carbocycles. The highest BCUT2D eigenvalue weighted by molar-refractivity contribution is 6.35. The van der Waals surface area contributed by atoms with E-state index in [0.29, 0.717) is 28.8 Å². The van der Waals surface area contributed by atoms with E-state index in [-0.39, 0.29) is 12.5 Å². The summed E-state index contributed by atoms with van der Waals surface area (Å²) in [5.74, 6) is 0.00424. The molecule has 1 N–H and O–H groups in total. The summed E-state index contributed by atoms with van der Waals surface area (Å²) in [4.78, 5) is 16.7. The van der Waals surface area contributed by atoms with E-state index in [0.717, 1.165) is 5.56 Å². The molecule has 0 bridgehead atoms. The van der Waals surface area contributed by atoms with Crippen LogP contribution in [0.25, 0.3) is 0 Å². The number of ether oxygens (including phenoxy) is 1. The number of amides is 1. The van der Waals surface area contributed by atoms with Crippen molar-refractivity contribution in [2.75, 3.05) is 13.2 Å². The highest BCUT2D eigenvalue weighted by Gasteiger charge is 2.06. The lowest BCUT2D eigenvalue weighted by Gasteiger charge is -2.09. The van der Waals surface area contributed by atoms with Gasteiger partial charge in [-0.3, -0.25) is 9.63 Å². The molecule has 0 aliphatic carbocycles. The van der Waals surface area contributed by atoms with Crippen molar-refractivity contribution in [1.29, 1.82) is 0 Å². The van der Waals surface area contributed by atoms with Crippen LogP contribution in [0, 0.1) is 0 Å². The van der Waals surface area contributed by atoms with Gasteiger partial charge < -0.3 is 4.74 Å². The second-order valence-corrected chi connectivity index (χ2v) is 5.32. The highest BCUT2D eigenvalue weighted by atomic mass is 35.5. The Hall–Kier alpha value is -1.75. The molecule has 0 aliphatic rings. The summed E-state index contributed by atoms with van der Waals surface area (Å²) in [7, 11) is 0. The Labute approximate surface area is 138 Å². The fraction of sp³-hybridized carbons (Fsp3) is 0.188. The number of halogens is 2. The summed E-state index contributed by atoms with van der Waals surface area (Å²) in [5, 5.41) is 0.858. The van der Waals surface area contributed by atoms with Crippen LogP contribution >= 0.6 is 23.2 Å². The topological polar surface area (TPSA) is 47.6 Å². The minimum atomic E-state index is -0.390. The van der Waals surface area contributed by atoms with E-state index < -0.39 is 0 Å².